The van der Waals surface area contributed by atoms with Crippen molar-refractivity contribution in [2.24, 2.45) is 4.99 Å². The van der Waals surface area contributed by atoms with Gasteiger partial charge in [0.05, 0.1) is 17.8 Å². The van der Waals surface area contributed by atoms with Gasteiger partial charge >= 0.3 is 0 Å². The smallest absolute Gasteiger partial charge is 0.224 e. The minimum Gasteiger partial charge on any atom is -0.326 e. The molecule has 0 spiro atoms. The van der Waals surface area contributed by atoms with E-state index in [0.29, 0.717) is 18.5 Å². The van der Waals surface area contributed by atoms with E-state index in [1.807, 2.05) is 19.1 Å². The maximum absolute atomic E-state index is 11.7. The number of benzene rings is 1. The Labute approximate surface area is 147 Å². The predicted molar refractivity (Wildman–Crippen MR) is 101 cm³/mol. The second-order valence-electron chi connectivity index (χ2n) is 6.70. The number of nitrogens with zero attached hydrogens (tertiary/aromatic N) is 2. The number of amidine groups is 1. The Morgan fingerprint density at radius 1 is 1.29 bits per heavy atom. The van der Waals surface area contributed by atoms with Crippen LogP contribution in [0.1, 0.15) is 51.0 Å². The Balaban J connectivity index is 1.50. The molecule has 3 aliphatic rings. The first kappa shape index (κ1) is 15.8. The zero-order chi connectivity index (χ0) is 16.5. The quantitative estimate of drug-likeness (QED) is 0.880. The fraction of sp³-hybridized carbons (Fsp3) is 0.474. The third-order valence-electron chi connectivity index (χ3n) is 4.98. The molecule has 126 valence electrons. The van der Waals surface area contributed by atoms with Crippen LogP contribution in [0.15, 0.2) is 34.7 Å². The van der Waals surface area contributed by atoms with Gasteiger partial charge in [-0.25, -0.2) is 0 Å². The van der Waals surface area contributed by atoms with Crippen LogP contribution in [0.3, 0.4) is 0 Å². The molecule has 1 N–H and O–H groups in total. The molecule has 1 aromatic carbocycles. The van der Waals surface area contributed by atoms with Gasteiger partial charge in [0.25, 0.3) is 0 Å². The fourth-order valence-electron chi connectivity index (χ4n) is 3.81. The topological polar surface area (TPSA) is 44.7 Å². The average molecular weight is 341 g/mol. The molecule has 4 nitrogen and oxygen atoms in total. The monoisotopic (exact) mass is 341 g/mol. The number of carbonyl (C=O) groups excluding carboxylic acids is 1. The molecule has 0 saturated heterocycles. The van der Waals surface area contributed by atoms with E-state index in [1.165, 1.54) is 42.1 Å². The van der Waals surface area contributed by atoms with Crippen LogP contribution in [0.4, 0.5) is 5.69 Å². The SMILES string of the molecule is CCCC(=O)Nc1ccc(C2=CSC3=N[C@@H]4CCCC[C@H]4N23)cc1. The summed E-state index contributed by atoms with van der Waals surface area (Å²) in [4.78, 5) is 19.1. The first-order valence-corrected chi connectivity index (χ1v) is 9.78. The zero-order valence-corrected chi connectivity index (χ0v) is 14.8. The molecule has 0 unspecified atom stereocenters. The van der Waals surface area contributed by atoms with Crippen molar-refractivity contribution in [3.05, 3.63) is 35.2 Å². The maximum Gasteiger partial charge on any atom is 0.224 e. The van der Waals surface area contributed by atoms with Crippen LogP contribution in [0.25, 0.3) is 5.70 Å². The van der Waals surface area contributed by atoms with Crippen molar-refractivity contribution in [2.45, 2.75) is 57.5 Å². The van der Waals surface area contributed by atoms with E-state index in [-0.39, 0.29) is 5.91 Å². The van der Waals surface area contributed by atoms with Crippen molar-refractivity contribution in [2.75, 3.05) is 5.32 Å². The molecule has 0 radical (unpaired) electrons. The number of anilines is 1. The lowest BCUT2D eigenvalue weighted by atomic mass is 9.90. The van der Waals surface area contributed by atoms with Crippen LogP contribution >= 0.6 is 11.8 Å². The lowest BCUT2D eigenvalue weighted by Gasteiger charge is -2.32. The molecule has 0 aromatic heterocycles. The van der Waals surface area contributed by atoms with Gasteiger partial charge in [0, 0.05) is 17.5 Å². The summed E-state index contributed by atoms with van der Waals surface area (Å²) in [6.07, 6.45) is 6.51. The third kappa shape index (κ3) is 2.86. The summed E-state index contributed by atoms with van der Waals surface area (Å²) in [7, 11) is 0. The fourth-order valence-corrected chi connectivity index (χ4v) is 4.82. The molecule has 2 aliphatic heterocycles. The van der Waals surface area contributed by atoms with E-state index < -0.39 is 0 Å². The Hall–Kier alpha value is -1.75. The van der Waals surface area contributed by atoms with Gasteiger partial charge in [0.1, 0.15) is 0 Å². The van der Waals surface area contributed by atoms with Gasteiger partial charge < -0.3 is 10.2 Å². The Kier molecular flexibility index (Phi) is 4.35. The number of aliphatic imine (C=N–C) groups is 1. The molecule has 1 aromatic rings. The first-order chi connectivity index (χ1) is 11.8. The number of thioether (sulfide) groups is 1. The number of nitrogens with one attached hydrogen (secondary N) is 1. The number of fused-ring (bicyclic) bond motifs is 3. The van der Waals surface area contributed by atoms with Crippen molar-refractivity contribution in [3.63, 3.8) is 0 Å². The van der Waals surface area contributed by atoms with Gasteiger partial charge in [-0.15, -0.1) is 0 Å². The van der Waals surface area contributed by atoms with Gasteiger partial charge in [0.15, 0.2) is 5.17 Å². The summed E-state index contributed by atoms with van der Waals surface area (Å²) in [6, 6.07) is 9.23. The van der Waals surface area contributed by atoms with Gasteiger partial charge in [-0.2, -0.15) is 0 Å². The van der Waals surface area contributed by atoms with Crippen LogP contribution in [-0.4, -0.2) is 28.1 Å². The largest absolute Gasteiger partial charge is 0.326 e. The van der Waals surface area contributed by atoms with Crippen LogP contribution in [0.2, 0.25) is 0 Å². The Bertz CT molecular complexity index is 695. The lowest BCUT2D eigenvalue weighted by molar-refractivity contribution is -0.116. The van der Waals surface area contributed by atoms with Crippen LogP contribution in [0.5, 0.6) is 0 Å². The van der Waals surface area contributed by atoms with E-state index in [0.717, 1.165) is 12.1 Å². The number of amides is 1. The number of hydrogen-bond acceptors (Lipinski definition) is 4. The van der Waals surface area contributed by atoms with Crippen molar-refractivity contribution >= 4 is 34.2 Å². The van der Waals surface area contributed by atoms with Gasteiger partial charge in [0.2, 0.25) is 5.91 Å². The van der Waals surface area contributed by atoms with E-state index in [4.69, 9.17) is 4.99 Å². The average Bonchev–Trinajstić information content (AvgIpc) is 3.15. The molecule has 1 fully saturated rings. The standard InChI is InChI=1S/C19H23N3OS/c1-2-5-18(23)20-14-10-8-13(9-11-14)17-12-24-19-21-15-6-3-4-7-16(15)22(17)19/h8-12,15-16H,2-7H2,1H3,(H,20,23)/t15-,16-/m1/s1. The molecule has 2 heterocycles. The molecule has 24 heavy (non-hydrogen) atoms. The summed E-state index contributed by atoms with van der Waals surface area (Å²) >= 11 is 1.75. The highest BCUT2D eigenvalue weighted by Gasteiger charge is 2.41. The van der Waals surface area contributed by atoms with E-state index in [2.05, 4.69) is 27.8 Å². The van der Waals surface area contributed by atoms with Crippen molar-refractivity contribution in [3.8, 4) is 0 Å². The number of carbonyl (C=O) groups is 1. The van der Waals surface area contributed by atoms with Crippen molar-refractivity contribution < 1.29 is 4.79 Å². The third-order valence-corrected chi connectivity index (χ3v) is 5.84. The lowest BCUT2D eigenvalue weighted by Crippen LogP contribution is -2.38. The van der Waals surface area contributed by atoms with Crippen LogP contribution in [0, 0.1) is 0 Å². The second kappa shape index (κ2) is 6.63. The molecule has 1 saturated carbocycles. The van der Waals surface area contributed by atoms with Gasteiger partial charge in [-0.3, -0.25) is 9.79 Å². The molecule has 0 bridgehead atoms. The zero-order valence-electron chi connectivity index (χ0n) is 14.0. The number of hydrogen-bond donors (Lipinski definition) is 1. The summed E-state index contributed by atoms with van der Waals surface area (Å²) in [5, 5.41) is 6.34. The number of rotatable bonds is 4. The second-order valence-corrected chi connectivity index (χ2v) is 7.53. The van der Waals surface area contributed by atoms with Gasteiger partial charge in [-0.05, 0) is 37.0 Å². The van der Waals surface area contributed by atoms with Crippen LogP contribution < -0.4 is 5.32 Å². The normalized spacial score (nSPS) is 25.0. The minimum atomic E-state index is 0.0832. The first-order valence-electron chi connectivity index (χ1n) is 8.90. The molecule has 1 aliphatic carbocycles. The molecule has 4 rings (SSSR count). The maximum atomic E-state index is 11.7. The summed E-state index contributed by atoms with van der Waals surface area (Å²) < 4.78 is 0. The molecular weight excluding hydrogens is 318 g/mol. The highest BCUT2D eigenvalue weighted by molar-refractivity contribution is 8.16. The van der Waals surface area contributed by atoms with Crippen molar-refractivity contribution in [1.82, 2.24) is 4.90 Å². The molecule has 5 heteroatoms. The summed E-state index contributed by atoms with van der Waals surface area (Å²) in [5.41, 5.74) is 3.33. The summed E-state index contributed by atoms with van der Waals surface area (Å²) in [6.45, 7) is 2.01. The minimum absolute atomic E-state index is 0.0832. The predicted octanol–water partition coefficient (Wildman–Crippen LogP) is 4.45. The van der Waals surface area contributed by atoms with E-state index >= 15 is 0 Å². The Morgan fingerprint density at radius 2 is 2.08 bits per heavy atom. The van der Waals surface area contributed by atoms with Crippen molar-refractivity contribution in [1.29, 1.82) is 0 Å². The highest BCUT2D eigenvalue weighted by Crippen LogP contribution is 2.44. The highest BCUT2D eigenvalue weighted by atomic mass is 32.2. The van der Waals surface area contributed by atoms with E-state index in [1.54, 1.807) is 11.8 Å². The molecule has 1 amide bonds. The summed E-state index contributed by atoms with van der Waals surface area (Å²) in [5.74, 6) is 0.0832. The van der Waals surface area contributed by atoms with Crippen LogP contribution in [-0.2, 0) is 4.79 Å². The molecule has 2 atom stereocenters. The Morgan fingerprint density at radius 3 is 2.88 bits per heavy atom. The van der Waals surface area contributed by atoms with E-state index in [9.17, 15) is 4.79 Å². The van der Waals surface area contributed by atoms with Gasteiger partial charge in [-0.1, -0.05) is 43.7 Å². The molecular formula is C19H23N3OS.